The molecule has 7 heteroatoms. The van der Waals surface area contributed by atoms with Gasteiger partial charge in [-0.15, -0.1) is 0 Å². The van der Waals surface area contributed by atoms with E-state index >= 15 is 0 Å². The molecule has 1 atom stereocenters. The molecular weight excluding hydrogens is 364 g/mol. The van der Waals surface area contributed by atoms with Crippen molar-refractivity contribution in [3.63, 3.8) is 0 Å². The number of amides is 1. The van der Waals surface area contributed by atoms with Crippen molar-refractivity contribution >= 4 is 22.9 Å². The van der Waals surface area contributed by atoms with Crippen molar-refractivity contribution in [1.29, 1.82) is 0 Å². The summed E-state index contributed by atoms with van der Waals surface area (Å²) in [5.74, 6) is 1.93. The number of H-pyrrole nitrogens is 1. The van der Waals surface area contributed by atoms with Crippen LogP contribution in [0.1, 0.15) is 37.9 Å². The van der Waals surface area contributed by atoms with Gasteiger partial charge in [0.2, 0.25) is 11.9 Å². The number of rotatable bonds is 8. The summed E-state index contributed by atoms with van der Waals surface area (Å²) in [6.07, 6.45) is 9.50. The van der Waals surface area contributed by atoms with Gasteiger partial charge in [-0.2, -0.15) is 0 Å². The van der Waals surface area contributed by atoms with E-state index in [0.717, 1.165) is 74.4 Å². The summed E-state index contributed by atoms with van der Waals surface area (Å²) in [5.41, 5.74) is 2.12. The number of aromatic amines is 1. The number of unbranched alkanes of at least 4 members (excludes halogenated alkanes) is 2. The summed E-state index contributed by atoms with van der Waals surface area (Å²) in [6, 6.07) is 9.92. The molecule has 7 nitrogen and oxygen atoms in total. The van der Waals surface area contributed by atoms with Crippen LogP contribution in [-0.2, 0) is 11.2 Å². The molecule has 0 unspecified atom stereocenters. The van der Waals surface area contributed by atoms with Gasteiger partial charge in [0.1, 0.15) is 5.82 Å². The maximum absolute atomic E-state index is 12.5. The number of nitrogens with zero attached hydrogens (tertiary/aromatic N) is 4. The Hall–Kier alpha value is -2.96. The molecule has 1 aromatic carbocycles. The molecule has 0 spiro atoms. The Morgan fingerprint density at radius 2 is 2.00 bits per heavy atom. The van der Waals surface area contributed by atoms with E-state index in [0.29, 0.717) is 6.54 Å². The number of nitrogens with one attached hydrogen (secondary N) is 2. The lowest BCUT2D eigenvalue weighted by Gasteiger charge is -2.31. The molecule has 4 rings (SSSR count). The molecule has 3 aromatic rings. The lowest BCUT2D eigenvalue weighted by molar-refractivity contribution is -0.125. The molecule has 0 radical (unpaired) electrons. The number of hydrogen-bond acceptors (Lipinski definition) is 5. The normalized spacial score (nSPS) is 16.8. The molecule has 1 aliphatic heterocycles. The van der Waals surface area contributed by atoms with Crippen LogP contribution >= 0.6 is 0 Å². The van der Waals surface area contributed by atoms with E-state index in [2.05, 4.69) is 36.2 Å². The van der Waals surface area contributed by atoms with E-state index < -0.39 is 0 Å². The van der Waals surface area contributed by atoms with Gasteiger partial charge >= 0.3 is 0 Å². The number of anilines is 1. The van der Waals surface area contributed by atoms with Crippen molar-refractivity contribution < 1.29 is 4.79 Å². The Bertz CT molecular complexity index is 892. The minimum Gasteiger partial charge on any atom is -0.356 e. The number of imidazole rings is 1. The van der Waals surface area contributed by atoms with E-state index in [1.807, 2.05) is 24.3 Å². The maximum Gasteiger partial charge on any atom is 0.225 e. The first-order chi connectivity index (χ1) is 14.3. The van der Waals surface area contributed by atoms with Crippen LogP contribution in [0.5, 0.6) is 0 Å². The number of aryl methyl sites for hydroxylation is 1. The van der Waals surface area contributed by atoms with Gasteiger partial charge in [-0.25, -0.2) is 15.0 Å². The van der Waals surface area contributed by atoms with Crippen LogP contribution in [0.15, 0.2) is 42.7 Å². The van der Waals surface area contributed by atoms with Crippen molar-refractivity contribution in [1.82, 2.24) is 25.3 Å². The zero-order valence-corrected chi connectivity index (χ0v) is 16.7. The summed E-state index contributed by atoms with van der Waals surface area (Å²) in [6.45, 7) is 2.34. The fourth-order valence-electron chi connectivity index (χ4n) is 3.90. The molecule has 3 heterocycles. The van der Waals surface area contributed by atoms with E-state index in [1.54, 1.807) is 12.4 Å². The van der Waals surface area contributed by atoms with E-state index in [9.17, 15) is 4.79 Å². The minimum atomic E-state index is 0.0168. The van der Waals surface area contributed by atoms with Crippen molar-refractivity contribution in [2.45, 2.75) is 38.5 Å². The zero-order valence-electron chi connectivity index (χ0n) is 16.7. The second kappa shape index (κ2) is 9.49. The lowest BCUT2D eigenvalue weighted by atomic mass is 9.97. The number of benzene rings is 1. The quantitative estimate of drug-likeness (QED) is 0.575. The van der Waals surface area contributed by atoms with Crippen molar-refractivity contribution in [2.24, 2.45) is 5.92 Å². The molecule has 0 aliphatic carbocycles. The van der Waals surface area contributed by atoms with Crippen molar-refractivity contribution in [2.75, 3.05) is 24.5 Å². The molecule has 152 valence electrons. The van der Waals surface area contributed by atoms with Crippen molar-refractivity contribution in [3.8, 4) is 0 Å². The summed E-state index contributed by atoms with van der Waals surface area (Å²) in [5, 5.41) is 3.11. The van der Waals surface area contributed by atoms with Crippen LogP contribution in [0.3, 0.4) is 0 Å². The highest BCUT2D eigenvalue weighted by molar-refractivity contribution is 5.79. The molecule has 2 N–H and O–H groups in total. The highest BCUT2D eigenvalue weighted by atomic mass is 16.1. The Balaban J connectivity index is 1.14. The second-order valence-electron chi connectivity index (χ2n) is 7.64. The third-order valence-corrected chi connectivity index (χ3v) is 5.46. The Labute approximate surface area is 171 Å². The monoisotopic (exact) mass is 392 g/mol. The number of carbonyl (C=O) groups is 1. The molecule has 0 saturated carbocycles. The molecule has 1 amide bonds. The number of fused-ring (bicyclic) bond motifs is 1. The fraction of sp³-hybridized carbons (Fsp3) is 0.455. The zero-order chi connectivity index (χ0) is 19.9. The summed E-state index contributed by atoms with van der Waals surface area (Å²) in [4.78, 5) is 31.2. The van der Waals surface area contributed by atoms with Gasteiger partial charge < -0.3 is 15.2 Å². The number of piperidine rings is 1. The second-order valence-corrected chi connectivity index (χ2v) is 7.64. The standard InChI is InChI=1S/C22H28N6O/c29-21(17-8-6-15-28(16-17)22-24-13-7-14-25-22)23-12-5-1-2-11-20-26-18-9-3-4-10-19(18)27-20/h3-4,7,9-10,13-14,17H,1-2,5-6,8,11-12,15-16H2,(H,23,29)(H,26,27)/t17-/m0/s1. The van der Waals surface area contributed by atoms with Gasteiger partial charge in [0, 0.05) is 38.4 Å². The van der Waals surface area contributed by atoms with Gasteiger partial charge in [0.15, 0.2) is 0 Å². The number of para-hydroxylation sites is 2. The molecular formula is C22H28N6O. The number of aromatic nitrogens is 4. The van der Waals surface area contributed by atoms with Crippen LogP contribution in [0.2, 0.25) is 0 Å². The van der Waals surface area contributed by atoms with E-state index in [1.165, 1.54) is 0 Å². The van der Waals surface area contributed by atoms with E-state index in [4.69, 9.17) is 0 Å². The topological polar surface area (TPSA) is 86.8 Å². The summed E-state index contributed by atoms with van der Waals surface area (Å²) < 4.78 is 0. The number of hydrogen-bond donors (Lipinski definition) is 2. The third-order valence-electron chi connectivity index (χ3n) is 5.46. The molecule has 29 heavy (non-hydrogen) atoms. The first kappa shape index (κ1) is 19.4. The molecule has 2 aromatic heterocycles. The van der Waals surface area contributed by atoms with Crippen LogP contribution in [0.4, 0.5) is 5.95 Å². The molecule has 0 bridgehead atoms. The van der Waals surface area contributed by atoms with Crippen LogP contribution in [0.25, 0.3) is 11.0 Å². The van der Waals surface area contributed by atoms with Crippen LogP contribution in [-0.4, -0.2) is 45.5 Å². The molecule has 1 aliphatic rings. The Kier molecular flexibility index (Phi) is 6.34. The smallest absolute Gasteiger partial charge is 0.225 e. The van der Waals surface area contributed by atoms with Crippen LogP contribution in [0, 0.1) is 5.92 Å². The number of carbonyl (C=O) groups excluding carboxylic acids is 1. The van der Waals surface area contributed by atoms with E-state index in [-0.39, 0.29) is 11.8 Å². The van der Waals surface area contributed by atoms with Crippen molar-refractivity contribution in [3.05, 3.63) is 48.5 Å². The van der Waals surface area contributed by atoms with Gasteiger partial charge in [-0.3, -0.25) is 4.79 Å². The lowest BCUT2D eigenvalue weighted by Crippen LogP contribution is -2.43. The molecule has 1 fully saturated rings. The Morgan fingerprint density at radius 1 is 1.14 bits per heavy atom. The third kappa shape index (κ3) is 5.10. The first-order valence-corrected chi connectivity index (χ1v) is 10.5. The predicted octanol–water partition coefficient (Wildman–Crippen LogP) is 3.10. The summed E-state index contributed by atoms with van der Waals surface area (Å²) >= 11 is 0. The highest BCUT2D eigenvalue weighted by Crippen LogP contribution is 2.20. The fourth-order valence-corrected chi connectivity index (χ4v) is 3.90. The van der Waals surface area contributed by atoms with Gasteiger partial charge in [-0.1, -0.05) is 18.6 Å². The largest absolute Gasteiger partial charge is 0.356 e. The van der Waals surface area contributed by atoms with Crippen LogP contribution < -0.4 is 10.2 Å². The van der Waals surface area contributed by atoms with Gasteiger partial charge in [-0.05, 0) is 43.9 Å². The average Bonchev–Trinajstić information content (AvgIpc) is 3.19. The average molecular weight is 393 g/mol. The highest BCUT2D eigenvalue weighted by Gasteiger charge is 2.26. The summed E-state index contributed by atoms with van der Waals surface area (Å²) in [7, 11) is 0. The van der Waals surface area contributed by atoms with Gasteiger partial charge in [0.25, 0.3) is 0 Å². The maximum atomic E-state index is 12.5. The van der Waals surface area contributed by atoms with Gasteiger partial charge in [0.05, 0.1) is 17.0 Å². The minimum absolute atomic E-state index is 0.0168. The Morgan fingerprint density at radius 3 is 2.86 bits per heavy atom. The first-order valence-electron chi connectivity index (χ1n) is 10.5. The predicted molar refractivity (Wildman–Crippen MR) is 114 cm³/mol. The SMILES string of the molecule is O=C(NCCCCCc1nc2ccccc2[nH]1)[C@H]1CCCN(c2ncccn2)C1. The molecule has 1 saturated heterocycles.